The maximum atomic E-state index is 4.26. The molecule has 0 saturated heterocycles. The second-order valence-electron chi connectivity index (χ2n) is 3.53. The van der Waals surface area contributed by atoms with E-state index < -0.39 is 0 Å². The zero-order valence-electron chi connectivity index (χ0n) is 9.77. The Balaban J connectivity index is 2.21. The van der Waals surface area contributed by atoms with Gasteiger partial charge in [-0.1, -0.05) is 0 Å². The Labute approximate surface area is 100 Å². The molecule has 0 saturated carbocycles. The van der Waals surface area contributed by atoms with Crippen LogP contribution >= 0.6 is 0 Å². The Morgan fingerprint density at radius 3 is 3.00 bits per heavy atom. The predicted octanol–water partition coefficient (Wildman–Crippen LogP) is 2.11. The van der Waals surface area contributed by atoms with Crippen LogP contribution in [0.1, 0.15) is 6.92 Å². The Kier molecular flexibility index (Phi) is 3.49. The Morgan fingerprint density at radius 2 is 2.35 bits per heavy atom. The molecular formula is C12H15N5. The van der Waals surface area contributed by atoms with Gasteiger partial charge in [0.05, 0.1) is 17.9 Å². The van der Waals surface area contributed by atoms with Gasteiger partial charge in [0.15, 0.2) is 5.96 Å². The quantitative estimate of drug-likeness (QED) is 0.780. The van der Waals surface area contributed by atoms with Gasteiger partial charge in [0.2, 0.25) is 0 Å². The molecule has 0 atom stereocenters. The average Bonchev–Trinajstić information content (AvgIpc) is 2.84. The lowest BCUT2D eigenvalue weighted by Crippen LogP contribution is -2.26. The summed E-state index contributed by atoms with van der Waals surface area (Å²) in [5.74, 6) is 0.798. The first-order valence-corrected chi connectivity index (χ1v) is 5.48. The van der Waals surface area contributed by atoms with Gasteiger partial charge in [-0.2, -0.15) is 0 Å². The highest BCUT2D eigenvalue weighted by Crippen LogP contribution is 2.30. The molecule has 0 aromatic heterocycles. The number of nitrogens with one attached hydrogen (secondary N) is 2. The lowest BCUT2D eigenvalue weighted by atomic mass is 10.2. The van der Waals surface area contributed by atoms with Crippen LogP contribution in [-0.4, -0.2) is 32.0 Å². The second-order valence-corrected chi connectivity index (χ2v) is 3.53. The largest absolute Gasteiger partial charge is 0.354 e. The maximum absolute atomic E-state index is 4.26. The third-order valence-electron chi connectivity index (χ3n) is 2.35. The molecule has 0 aliphatic carbocycles. The number of benzene rings is 1. The fourth-order valence-electron chi connectivity index (χ4n) is 1.59. The van der Waals surface area contributed by atoms with Crippen molar-refractivity contribution in [2.45, 2.75) is 6.92 Å². The molecule has 2 rings (SSSR count). The van der Waals surface area contributed by atoms with Gasteiger partial charge in [-0.15, -0.1) is 0 Å². The van der Waals surface area contributed by atoms with Crippen LogP contribution < -0.4 is 10.6 Å². The fraction of sp³-hybridized carbons (Fsp3) is 0.250. The van der Waals surface area contributed by atoms with E-state index in [4.69, 9.17) is 0 Å². The van der Waals surface area contributed by atoms with Crippen molar-refractivity contribution in [1.29, 1.82) is 0 Å². The minimum absolute atomic E-state index is 0.756. The third kappa shape index (κ3) is 2.69. The molecule has 17 heavy (non-hydrogen) atoms. The van der Waals surface area contributed by atoms with Crippen LogP contribution in [0.3, 0.4) is 0 Å². The number of hydrogen-bond acceptors (Lipinski definition) is 5. The van der Waals surface area contributed by atoms with Gasteiger partial charge in [0, 0.05) is 18.4 Å². The molecule has 5 nitrogen and oxygen atoms in total. The number of rotatable bonds is 3. The molecule has 0 bridgehead atoms. The van der Waals surface area contributed by atoms with Gasteiger partial charge in [-0.05, 0) is 31.8 Å². The summed E-state index contributed by atoms with van der Waals surface area (Å²) in [4.78, 5) is 12.4. The van der Waals surface area contributed by atoms with E-state index in [1.165, 1.54) is 0 Å². The highest BCUT2D eigenvalue weighted by molar-refractivity contribution is 5.95. The average molecular weight is 229 g/mol. The molecule has 88 valence electrons. The minimum atomic E-state index is 0.756. The van der Waals surface area contributed by atoms with Crippen LogP contribution in [0.5, 0.6) is 0 Å². The van der Waals surface area contributed by atoms with Crippen molar-refractivity contribution in [3.05, 3.63) is 18.2 Å². The van der Waals surface area contributed by atoms with E-state index in [2.05, 4.69) is 32.3 Å². The standard InChI is InChI=1S/C12H15N5/c1-3-14-10-5-4-9(8-11(10)13-2)17-12-15-6-7-16-12/h3-5,8H,2,6-7H2,1H3,(H2,15,16,17). The Hall–Kier alpha value is -2.17. The van der Waals surface area contributed by atoms with Gasteiger partial charge in [-0.25, -0.2) is 0 Å². The van der Waals surface area contributed by atoms with E-state index in [0.717, 1.165) is 36.1 Å². The molecule has 1 aliphatic heterocycles. The van der Waals surface area contributed by atoms with Crippen LogP contribution in [0.15, 0.2) is 33.2 Å². The highest BCUT2D eigenvalue weighted by atomic mass is 15.2. The molecule has 0 spiro atoms. The maximum Gasteiger partial charge on any atom is 0.195 e. The van der Waals surface area contributed by atoms with Crippen molar-refractivity contribution >= 4 is 36.0 Å². The molecular weight excluding hydrogens is 214 g/mol. The Bertz CT molecular complexity index is 476. The summed E-state index contributed by atoms with van der Waals surface area (Å²) in [5.41, 5.74) is 2.50. The van der Waals surface area contributed by atoms with Crippen molar-refractivity contribution in [3.63, 3.8) is 0 Å². The third-order valence-corrected chi connectivity index (χ3v) is 2.35. The van der Waals surface area contributed by atoms with Crippen LogP contribution in [0.4, 0.5) is 17.1 Å². The summed E-state index contributed by atoms with van der Waals surface area (Å²) in [6.07, 6.45) is 1.74. The molecule has 1 aliphatic rings. The first-order valence-electron chi connectivity index (χ1n) is 5.48. The summed E-state index contributed by atoms with van der Waals surface area (Å²) in [6, 6.07) is 5.75. The van der Waals surface area contributed by atoms with Gasteiger partial charge >= 0.3 is 0 Å². The summed E-state index contributed by atoms with van der Waals surface area (Å²) in [7, 11) is 0. The minimum Gasteiger partial charge on any atom is -0.354 e. The number of hydrogen-bond donors (Lipinski definition) is 2. The van der Waals surface area contributed by atoms with Crippen molar-refractivity contribution in [1.82, 2.24) is 5.32 Å². The van der Waals surface area contributed by atoms with Crippen molar-refractivity contribution in [3.8, 4) is 0 Å². The van der Waals surface area contributed by atoms with E-state index in [1.807, 2.05) is 25.1 Å². The van der Waals surface area contributed by atoms with Gasteiger partial charge in [0.1, 0.15) is 0 Å². The van der Waals surface area contributed by atoms with Crippen molar-refractivity contribution < 1.29 is 0 Å². The smallest absolute Gasteiger partial charge is 0.195 e. The van der Waals surface area contributed by atoms with E-state index in [9.17, 15) is 0 Å². The Morgan fingerprint density at radius 1 is 1.47 bits per heavy atom. The van der Waals surface area contributed by atoms with Crippen LogP contribution in [-0.2, 0) is 0 Å². The number of nitrogens with zero attached hydrogens (tertiary/aromatic N) is 3. The first-order chi connectivity index (χ1) is 8.33. The molecule has 0 amide bonds. The van der Waals surface area contributed by atoms with E-state index >= 15 is 0 Å². The molecule has 5 heteroatoms. The van der Waals surface area contributed by atoms with Crippen LogP contribution in [0.2, 0.25) is 0 Å². The SMILES string of the molecule is C=Nc1cc(NC2=NCCN2)ccc1N=CC. The predicted molar refractivity (Wildman–Crippen MR) is 73.4 cm³/mol. The molecule has 1 aromatic rings. The zero-order valence-corrected chi connectivity index (χ0v) is 9.77. The zero-order chi connectivity index (χ0) is 12.1. The topological polar surface area (TPSA) is 61.1 Å². The van der Waals surface area contributed by atoms with Gasteiger partial charge < -0.3 is 10.6 Å². The molecule has 1 heterocycles. The fourth-order valence-corrected chi connectivity index (χ4v) is 1.59. The summed E-state index contributed by atoms with van der Waals surface area (Å²) < 4.78 is 0. The normalized spacial score (nSPS) is 14.5. The monoisotopic (exact) mass is 229 g/mol. The van der Waals surface area contributed by atoms with Crippen molar-refractivity contribution in [2.75, 3.05) is 18.4 Å². The molecule has 0 fully saturated rings. The molecule has 0 radical (unpaired) electrons. The molecule has 1 aromatic carbocycles. The van der Waals surface area contributed by atoms with E-state index in [-0.39, 0.29) is 0 Å². The lowest BCUT2D eigenvalue weighted by molar-refractivity contribution is 0.959. The van der Waals surface area contributed by atoms with E-state index in [1.54, 1.807) is 6.21 Å². The summed E-state index contributed by atoms with van der Waals surface area (Å²) in [6.45, 7) is 7.12. The number of aliphatic imine (C=N–C) groups is 3. The number of anilines is 1. The van der Waals surface area contributed by atoms with Crippen LogP contribution in [0.25, 0.3) is 0 Å². The summed E-state index contributed by atoms with van der Waals surface area (Å²) >= 11 is 0. The van der Waals surface area contributed by atoms with Gasteiger partial charge in [0.25, 0.3) is 0 Å². The molecule has 0 unspecified atom stereocenters. The van der Waals surface area contributed by atoms with E-state index in [0.29, 0.717) is 0 Å². The molecule has 2 N–H and O–H groups in total. The summed E-state index contributed by atoms with van der Waals surface area (Å²) in [5, 5.41) is 6.33. The highest BCUT2D eigenvalue weighted by Gasteiger charge is 2.06. The van der Waals surface area contributed by atoms with Crippen molar-refractivity contribution in [2.24, 2.45) is 15.0 Å². The van der Waals surface area contributed by atoms with Crippen LogP contribution in [0, 0.1) is 0 Å². The first kappa shape index (κ1) is 11.3. The second kappa shape index (κ2) is 5.25. The van der Waals surface area contributed by atoms with Gasteiger partial charge in [-0.3, -0.25) is 15.0 Å². The number of guanidine groups is 1. The lowest BCUT2D eigenvalue weighted by Gasteiger charge is -2.08.